The molecular formula is C22H19N3O5S. The molecule has 9 heteroatoms. The van der Waals surface area contributed by atoms with Crippen molar-refractivity contribution in [3.8, 4) is 11.1 Å². The van der Waals surface area contributed by atoms with E-state index in [1.165, 1.54) is 6.20 Å². The normalized spacial score (nSPS) is 12.0. The number of fused-ring (bicyclic) bond motifs is 3. The maximum atomic E-state index is 12.2. The third kappa shape index (κ3) is 4.56. The molecule has 0 bridgehead atoms. The van der Waals surface area contributed by atoms with Gasteiger partial charge in [0.05, 0.1) is 12.7 Å². The zero-order valence-electron chi connectivity index (χ0n) is 16.3. The van der Waals surface area contributed by atoms with E-state index < -0.39 is 24.5 Å². The van der Waals surface area contributed by atoms with Gasteiger partial charge in [-0.05, 0) is 22.3 Å². The maximum Gasteiger partial charge on any atom is 0.407 e. The average molecular weight is 437 g/mol. The molecule has 8 nitrogen and oxygen atoms in total. The molecule has 0 atom stereocenters. The van der Waals surface area contributed by atoms with E-state index in [-0.39, 0.29) is 23.9 Å². The van der Waals surface area contributed by atoms with Crippen LogP contribution in [0, 0.1) is 0 Å². The molecule has 0 aliphatic heterocycles. The number of hydrogen-bond donors (Lipinski definition) is 3. The molecule has 1 aromatic heterocycles. The zero-order chi connectivity index (χ0) is 21.8. The second-order valence-electron chi connectivity index (χ2n) is 6.87. The lowest BCUT2D eigenvalue weighted by Crippen LogP contribution is -2.28. The zero-order valence-corrected chi connectivity index (χ0v) is 17.1. The van der Waals surface area contributed by atoms with Crippen molar-refractivity contribution in [2.75, 3.05) is 13.2 Å². The fourth-order valence-corrected chi connectivity index (χ4v) is 4.31. The van der Waals surface area contributed by atoms with E-state index in [2.05, 4.69) is 27.8 Å². The van der Waals surface area contributed by atoms with Gasteiger partial charge in [0.15, 0.2) is 0 Å². The number of carbonyl (C=O) groups is 3. The van der Waals surface area contributed by atoms with Crippen LogP contribution in [0.25, 0.3) is 11.1 Å². The molecular weight excluding hydrogens is 418 g/mol. The van der Waals surface area contributed by atoms with Gasteiger partial charge in [-0.1, -0.05) is 48.5 Å². The molecule has 3 N–H and O–H groups in total. The Bertz CT molecular complexity index is 1100. The second-order valence-corrected chi connectivity index (χ2v) is 7.99. The van der Waals surface area contributed by atoms with Crippen molar-refractivity contribution in [2.24, 2.45) is 0 Å². The molecule has 3 aromatic rings. The minimum Gasteiger partial charge on any atom is -0.480 e. The number of aliphatic carboxylic acids is 1. The first-order valence-electron chi connectivity index (χ1n) is 9.56. The summed E-state index contributed by atoms with van der Waals surface area (Å²) in [5.41, 5.74) is 4.58. The van der Waals surface area contributed by atoms with Crippen LogP contribution in [0.2, 0.25) is 0 Å². The summed E-state index contributed by atoms with van der Waals surface area (Å²) >= 11 is 1.07. The van der Waals surface area contributed by atoms with Crippen molar-refractivity contribution in [1.29, 1.82) is 0 Å². The number of carbonyl (C=O) groups excluding carboxylic acids is 2. The number of thiazole rings is 1. The fraction of sp³-hybridized carbons (Fsp3) is 0.182. The number of amides is 2. The Kier molecular flexibility index (Phi) is 5.94. The molecule has 2 aromatic carbocycles. The number of ether oxygens (including phenoxy) is 1. The van der Waals surface area contributed by atoms with E-state index in [0.29, 0.717) is 5.01 Å². The number of carboxylic acids is 1. The Hall–Kier alpha value is -3.72. The highest BCUT2D eigenvalue weighted by Crippen LogP contribution is 2.44. The highest BCUT2D eigenvalue weighted by Gasteiger charge is 2.29. The van der Waals surface area contributed by atoms with Gasteiger partial charge in [0.2, 0.25) is 0 Å². The lowest BCUT2D eigenvalue weighted by atomic mass is 9.98. The van der Waals surface area contributed by atoms with Gasteiger partial charge < -0.3 is 20.5 Å². The Morgan fingerprint density at radius 3 is 2.29 bits per heavy atom. The van der Waals surface area contributed by atoms with Crippen molar-refractivity contribution in [3.63, 3.8) is 0 Å². The van der Waals surface area contributed by atoms with Gasteiger partial charge in [-0.15, -0.1) is 11.3 Å². The van der Waals surface area contributed by atoms with Crippen LogP contribution in [-0.4, -0.2) is 41.2 Å². The average Bonchev–Trinajstić information content (AvgIpc) is 3.38. The number of hydrogen-bond acceptors (Lipinski definition) is 6. The van der Waals surface area contributed by atoms with E-state index in [1.807, 2.05) is 36.4 Å². The summed E-state index contributed by atoms with van der Waals surface area (Å²) in [6, 6.07) is 16.2. The minimum absolute atomic E-state index is 0.0254. The summed E-state index contributed by atoms with van der Waals surface area (Å²) in [6.45, 7) is -0.155. The van der Waals surface area contributed by atoms with Gasteiger partial charge in [0.1, 0.15) is 23.0 Å². The molecule has 1 heterocycles. The summed E-state index contributed by atoms with van der Waals surface area (Å²) in [7, 11) is 0. The molecule has 158 valence electrons. The molecule has 4 rings (SSSR count). The van der Waals surface area contributed by atoms with Crippen molar-refractivity contribution in [3.05, 3.63) is 75.7 Å². The van der Waals surface area contributed by atoms with Crippen LogP contribution in [0.1, 0.15) is 31.7 Å². The highest BCUT2D eigenvalue weighted by atomic mass is 32.1. The van der Waals surface area contributed by atoms with Crippen LogP contribution in [0.15, 0.2) is 54.7 Å². The lowest BCUT2D eigenvalue weighted by molar-refractivity contribution is -0.135. The number of aromatic nitrogens is 1. The lowest BCUT2D eigenvalue weighted by Gasteiger charge is -2.14. The summed E-state index contributed by atoms with van der Waals surface area (Å²) in [5.74, 6) is -1.68. The molecule has 1 aliphatic rings. The van der Waals surface area contributed by atoms with Crippen LogP contribution in [0.4, 0.5) is 4.79 Å². The van der Waals surface area contributed by atoms with Crippen molar-refractivity contribution >= 4 is 29.3 Å². The van der Waals surface area contributed by atoms with Gasteiger partial charge in [-0.3, -0.25) is 9.59 Å². The molecule has 1 aliphatic carbocycles. The van der Waals surface area contributed by atoms with E-state index in [4.69, 9.17) is 9.84 Å². The third-order valence-corrected chi connectivity index (χ3v) is 5.90. The maximum absolute atomic E-state index is 12.2. The van der Waals surface area contributed by atoms with Crippen LogP contribution < -0.4 is 10.6 Å². The Morgan fingerprint density at radius 2 is 1.65 bits per heavy atom. The first-order chi connectivity index (χ1) is 15.0. The highest BCUT2D eigenvalue weighted by molar-refractivity contribution is 7.13. The molecule has 0 fully saturated rings. The summed E-state index contributed by atoms with van der Waals surface area (Å²) < 4.78 is 5.46. The molecule has 31 heavy (non-hydrogen) atoms. The van der Waals surface area contributed by atoms with E-state index in [9.17, 15) is 14.4 Å². The minimum atomic E-state index is -1.13. The first-order valence-corrected chi connectivity index (χ1v) is 10.4. The number of benzene rings is 2. The second kappa shape index (κ2) is 8.97. The van der Waals surface area contributed by atoms with Gasteiger partial charge in [0, 0.05) is 5.92 Å². The summed E-state index contributed by atoms with van der Waals surface area (Å²) in [4.78, 5) is 38.9. The number of alkyl carbamates (subject to hydrolysis) is 1. The monoisotopic (exact) mass is 437 g/mol. The predicted molar refractivity (Wildman–Crippen MR) is 114 cm³/mol. The van der Waals surface area contributed by atoms with Crippen LogP contribution in [0.5, 0.6) is 0 Å². The number of rotatable bonds is 7. The van der Waals surface area contributed by atoms with Gasteiger partial charge in [-0.25, -0.2) is 9.78 Å². The smallest absolute Gasteiger partial charge is 0.407 e. The van der Waals surface area contributed by atoms with Crippen LogP contribution in [-0.2, 0) is 16.1 Å². The molecule has 0 spiro atoms. The van der Waals surface area contributed by atoms with Crippen molar-refractivity contribution in [2.45, 2.75) is 12.5 Å². The molecule has 0 saturated heterocycles. The Morgan fingerprint density at radius 1 is 1.00 bits per heavy atom. The molecule has 0 saturated carbocycles. The van der Waals surface area contributed by atoms with E-state index in [0.717, 1.165) is 33.6 Å². The van der Waals surface area contributed by atoms with Gasteiger partial charge in [-0.2, -0.15) is 0 Å². The summed E-state index contributed by atoms with van der Waals surface area (Å²) in [6.07, 6.45) is 0.769. The van der Waals surface area contributed by atoms with Crippen LogP contribution in [0.3, 0.4) is 0 Å². The quantitative estimate of drug-likeness (QED) is 0.523. The molecule has 0 radical (unpaired) electrons. The number of nitrogens with one attached hydrogen (secondary N) is 2. The van der Waals surface area contributed by atoms with Crippen molar-refractivity contribution < 1.29 is 24.2 Å². The Balaban J connectivity index is 1.32. The molecule has 0 unspecified atom stereocenters. The standard InChI is InChI=1S/C22H19N3O5S/c26-20(27)11-24-21(28)18-9-23-19(31-18)10-25-22(29)30-12-17-15-7-3-1-5-13(15)14-6-2-4-8-16(14)17/h1-9,17H,10-12H2,(H,24,28)(H,25,29)(H,26,27). The number of carboxylic acid groups (broad SMARTS) is 1. The van der Waals surface area contributed by atoms with E-state index >= 15 is 0 Å². The third-order valence-electron chi connectivity index (χ3n) is 4.91. The largest absolute Gasteiger partial charge is 0.480 e. The van der Waals surface area contributed by atoms with Crippen molar-refractivity contribution in [1.82, 2.24) is 15.6 Å². The van der Waals surface area contributed by atoms with E-state index in [1.54, 1.807) is 0 Å². The molecule has 2 amide bonds. The Labute approximate surface area is 181 Å². The first kappa shape index (κ1) is 20.5. The SMILES string of the molecule is O=C(O)CNC(=O)c1cnc(CNC(=O)OCC2c3ccccc3-c3ccccc32)s1. The fourth-order valence-electron chi connectivity index (χ4n) is 3.54. The summed E-state index contributed by atoms with van der Waals surface area (Å²) in [5, 5.41) is 14.0. The van der Waals surface area contributed by atoms with Crippen LogP contribution >= 0.6 is 11.3 Å². The van der Waals surface area contributed by atoms with Gasteiger partial charge >= 0.3 is 12.1 Å². The van der Waals surface area contributed by atoms with Gasteiger partial charge in [0.25, 0.3) is 5.91 Å². The number of nitrogens with zero attached hydrogens (tertiary/aromatic N) is 1. The topological polar surface area (TPSA) is 118 Å². The predicted octanol–water partition coefficient (Wildman–Crippen LogP) is 3.00.